The summed E-state index contributed by atoms with van der Waals surface area (Å²) in [6.07, 6.45) is 0.467. The summed E-state index contributed by atoms with van der Waals surface area (Å²) in [4.78, 5) is 14.6. The SMILES string of the molecule is COc1cccc(S(=O)(=O)N2c3ccccc3[C@H](N(C(C)=O)c3ccccc3)C[C@@H]2C)c1. The first-order valence-electron chi connectivity index (χ1n) is 10.5. The van der Waals surface area contributed by atoms with Crippen LogP contribution in [0.3, 0.4) is 0 Å². The van der Waals surface area contributed by atoms with Crippen molar-refractivity contribution < 1.29 is 17.9 Å². The summed E-state index contributed by atoms with van der Waals surface area (Å²) in [5.74, 6) is 0.390. The molecule has 0 N–H and O–H groups in total. The number of para-hydroxylation sites is 2. The Morgan fingerprint density at radius 3 is 2.38 bits per heavy atom. The molecular weight excluding hydrogens is 424 g/mol. The zero-order chi connectivity index (χ0) is 22.9. The predicted molar refractivity (Wildman–Crippen MR) is 126 cm³/mol. The van der Waals surface area contributed by atoms with Crippen LogP contribution in [0.2, 0.25) is 0 Å². The fourth-order valence-electron chi connectivity index (χ4n) is 4.41. The Bertz CT molecular complexity index is 1230. The van der Waals surface area contributed by atoms with Crippen LogP contribution in [0.4, 0.5) is 11.4 Å². The van der Waals surface area contributed by atoms with Gasteiger partial charge in [-0.25, -0.2) is 8.42 Å². The van der Waals surface area contributed by atoms with E-state index in [9.17, 15) is 13.2 Å². The number of ether oxygens (including phenoxy) is 1. The third-order valence-corrected chi connectivity index (χ3v) is 7.71. The van der Waals surface area contributed by atoms with E-state index >= 15 is 0 Å². The third kappa shape index (κ3) is 3.84. The molecule has 1 amide bonds. The van der Waals surface area contributed by atoms with E-state index in [1.807, 2.05) is 55.5 Å². The number of hydrogen-bond donors (Lipinski definition) is 0. The Morgan fingerprint density at radius 1 is 1.00 bits per heavy atom. The van der Waals surface area contributed by atoms with Gasteiger partial charge in [0.2, 0.25) is 5.91 Å². The lowest BCUT2D eigenvalue weighted by molar-refractivity contribution is -0.117. The van der Waals surface area contributed by atoms with Crippen LogP contribution in [0.25, 0.3) is 0 Å². The minimum Gasteiger partial charge on any atom is -0.497 e. The first kappa shape index (κ1) is 21.9. The Balaban J connectivity index is 1.83. The highest BCUT2D eigenvalue weighted by atomic mass is 32.2. The zero-order valence-corrected chi connectivity index (χ0v) is 19.1. The lowest BCUT2D eigenvalue weighted by Gasteiger charge is -2.43. The maximum Gasteiger partial charge on any atom is 0.264 e. The fraction of sp³-hybridized carbons (Fsp3) is 0.240. The van der Waals surface area contributed by atoms with Crippen molar-refractivity contribution in [2.24, 2.45) is 0 Å². The maximum atomic E-state index is 13.7. The molecule has 6 nitrogen and oxygen atoms in total. The van der Waals surface area contributed by atoms with Crippen molar-refractivity contribution in [3.63, 3.8) is 0 Å². The molecule has 0 saturated heterocycles. The first-order valence-corrected chi connectivity index (χ1v) is 11.9. The summed E-state index contributed by atoms with van der Waals surface area (Å²) < 4.78 is 34.1. The van der Waals surface area contributed by atoms with Crippen LogP contribution in [0, 0.1) is 0 Å². The van der Waals surface area contributed by atoms with Gasteiger partial charge in [0.1, 0.15) is 5.75 Å². The molecule has 2 atom stereocenters. The number of carbonyl (C=O) groups is 1. The number of anilines is 2. The van der Waals surface area contributed by atoms with Gasteiger partial charge in [0.15, 0.2) is 0 Å². The topological polar surface area (TPSA) is 66.9 Å². The second kappa shape index (κ2) is 8.67. The molecule has 32 heavy (non-hydrogen) atoms. The van der Waals surface area contributed by atoms with Gasteiger partial charge >= 0.3 is 0 Å². The van der Waals surface area contributed by atoms with Crippen molar-refractivity contribution in [2.45, 2.75) is 37.2 Å². The highest BCUT2D eigenvalue weighted by Crippen LogP contribution is 2.44. The lowest BCUT2D eigenvalue weighted by Crippen LogP contribution is -2.47. The van der Waals surface area contributed by atoms with Crippen molar-refractivity contribution in [2.75, 3.05) is 16.3 Å². The molecule has 0 radical (unpaired) electrons. The summed E-state index contributed by atoms with van der Waals surface area (Å²) in [6.45, 7) is 3.42. The van der Waals surface area contributed by atoms with Crippen molar-refractivity contribution in [1.82, 2.24) is 0 Å². The Kier molecular flexibility index (Phi) is 5.93. The number of carbonyl (C=O) groups excluding carboxylic acids is 1. The van der Waals surface area contributed by atoms with Crippen LogP contribution < -0.4 is 13.9 Å². The summed E-state index contributed by atoms with van der Waals surface area (Å²) >= 11 is 0. The minimum absolute atomic E-state index is 0.0905. The lowest BCUT2D eigenvalue weighted by atomic mass is 9.91. The van der Waals surface area contributed by atoms with E-state index in [2.05, 4.69) is 0 Å². The molecule has 1 heterocycles. The quantitative estimate of drug-likeness (QED) is 0.561. The standard InChI is InChI=1S/C25H26N2O4S/c1-18-16-25(26(19(2)28)20-10-5-4-6-11-20)23-14-7-8-15-24(23)27(18)32(29,30)22-13-9-12-21(17-22)31-3/h4-15,17-18,25H,16H2,1-3H3/t18-,25+/m0/s1. The number of nitrogens with zero attached hydrogens (tertiary/aromatic N) is 2. The highest BCUT2D eigenvalue weighted by molar-refractivity contribution is 7.92. The van der Waals surface area contributed by atoms with Gasteiger partial charge < -0.3 is 9.64 Å². The van der Waals surface area contributed by atoms with Gasteiger partial charge in [0.25, 0.3) is 10.0 Å². The van der Waals surface area contributed by atoms with E-state index in [1.165, 1.54) is 17.5 Å². The summed E-state index contributed by atoms with van der Waals surface area (Å²) in [5.41, 5.74) is 2.17. The van der Waals surface area contributed by atoms with E-state index in [-0.39, 0.29) is 22.9 Å². The summed E-state index contributed by atoms with van der Waals surface area (Å²) in [7, 11) is -2.33. The Morgan fingerprint density at radius 2 is 1.69 bits per heavy atom. The monoisotopic (exact) mass is 450 g/mol. The summed E-state index contributed by atoms with van der Waals surface area (Å²) in [6, 6.07) is 22.7. The number of fused-ring (bicyclic) bond motifs is 1. The molecule has 0 unspecified atom stereocenters. The van der Waals surface area contributed by atoms with Gasteiger partial charge in [-0.15, -0.1) is 0 Å². The number of amides is 1. The first-order chi connectivity index (χ1) is 15.3. The molecular formula is C25H26N2O4S. The van der Waals surface area contributed by atoms with Crippen LogP contribution in [0.15, 0.2) is 83.8 Å². The van der Waals surface area contributed by atoms with E-state index in [4.69, 9.17) is 4.74 Å². The number of methoxy groups -OCH3 is 1. The molecule has 0 spiro atoms. The largest absolute Gasteiger partial charge is 0.497 e. The average Bonchev–Trinajstić information content (AvgIpc) is 2.79. The number of rotatable bonds is 5. The smallest absolute Gasteiger partial charge is 0.264 e. The molecule has 4 rings (SSSR count). The Hall–Kier alpha value is -3.32. The predicted octanol–water partition coefficient (Wildman–Crippen LogP) is 4.78. The van der Waals surface area contributed by atoms with E-state index in [0.717, 1.165) is 11.3 Å². The molecule has 1 aliphatic rings. The zero-order valence-electron chi connectivity index (χ0n) is 18.3. The molecule has 7 heteroatoms. The molecule has 0 fully saturated rings. The molecule has 3 aromatic carbocycles. The fourth-order valence-corrected chi connectivity index (χ4v) is 6.14. The van der Waals surface area contributed by atoms with Crippen LogP contribution in [-0.2, 0) is 14.8 Å². The molecule has 1 aliphatic heterocycles. The van der Waals surface area contributed by atoms with E-state index in [0.29, 0.717) is 17.9 Å². The normalized spacial score (nSPS) is 18.0. The van der Waals surface area contributed by atoms with Crippen molar-refractivity contribution in [3.8, 4) is 5.75 Å². The molecule has 0 saturated carbocycles. The molecule has 0 aromatic heterocycles. The number of sulfonamides is 1. The van der Waals surface area contributed by atoms with Crippen molar-refractivity contribution >= 4 is 27.3 Å². The van der Waals surface area contributed by atoms with Crippen LogP contribution >= 0.6 is 0 Å². The maximum absolute atomic E-state index is 13.7. The Labute approximate surface area is 189 Å². The van der Waals surface area contributed by atoms with Crippen molar-refractivity contribution in [3.05, 3.63) is 84.4 Å². The van der Waals surface area contributed by atoms with Crippen LogP contribution in [0.5, 0.6) is 5.75 Å². The second-order valence-corrected chi connectivity index (χ2v) is 9.68. The third-order valence-electron chi connectivity index (χ3n) is 5.78. The van der Waals surface area contributed by atoms with E-state index < -0.39 is 10.0 Å². The van der Waals surface area contributed by atoms with Gasteiger partial charge in [-0.05, 0) is 49.2 Å². The summed E-state index contributed by atoms with van der Waals surface area (Å²) in [5, 5.41) is 0. The van der Waals surface area contributed by atoms with E-state index in [1.54, 1.807) is 36.1 Å². The van der Waals surface area contributed by atoms with Gasteiger partial charge in [-0.3, -0.25) is 9.10 Å². The van der Waals surface area contributed by atoms with Gasteiger partial charge in [0.05, 0.1) is 23.7 Å². The number of benzene rings is 3. The van der Waals surface area contributed by atoms with Crippen molar-refractivity contribution in [1.29, 1.82) is 0 Å². The van der Waals surface area contributed by atoms with Gasteiger partial charge in [-0.1, -0.05) is 42.5 Å². The van der Waals surface area contributed by atoms with Gasteiger partial charge in [-0.2, -0.15) is 0 Å². The molecule has 166 valence electrons. The highest BCUT2D eigenvalue weighted by Gasteiger charge is 2.40. The second-order valence-electron chi connectivity index (χ2n) is 7.86. The van der Waals surface area contributed by atoms with Crippen LogP contribution in [0.1, 0.15) is 31.9 Å². The van der Waals surface area contributed by atoms with Crippen LogP contribution in [-0.4, -0.2) is 27.5 Å². The molecule has 0 aliphatic carbocycles. The molecule has 3 aromatic rings. The minimum atomic E-state index is -3.84. The average molecular weight is 451 g/mol. The van der Waals surface area contributed by atoms with Gasteiger partial charge in [0, 0.05) is 24.7 Å². The molecule has 0 bridgehead atoms. The number of hydrogen-bond acceptors (Lipinski definition) is 4.